The predicted molar refractivity (Wildman–Crippen MR) is 72.3 cm³/mol. The minimum absolute atomic E-state index is 0.0626. The van der Waals surface area contributed by atoms with Gasteiger partial charge in [-0.25, -0.2) is 0 Å². The number of carbonyl (C=O) groups is 1. The van der Waals surface area contributed by atoms with E-state index in [0.717, 1.165) is 6.07 Å². The highest BCUT2D eigenvalue weighted by Gasteiger charge is 2.51. The Morgan fingerprint density at radius 1 is 1.59 bits per heavy atom. The van der Waals surface area contributed by atoms with Gasteiger partial charge in [0.2, 0.25) is 17.1 Å². The first-order valence-electron chi connectivity index (χ1n) is 6.43. The molecule has 0 saturated heterocycles. The molecule has 22 heavy (non-hydrogen) atoms. The van der Waals surface area contributed by atoms with Gasteiger partial charge in [-0.1, -0.05) is 0 Å². The molecule has 2 rings (SSSR count). The predicted octanol–water partition coefficient (Wildman–Crippen LogP) is 0.0392. The molecular weight excluding hydrogens is 292 g/mol. The summed E-state index contributed by atoms with van der Waals surface area (Å²) in [7, 11) is 0. The number of aliphatic hydroxyl groups is 1. The maximum Gasteiger partial charge on any atom is 0.325 e. The minimum Gasteiger partial charge on any atom is -0.465 e. The highest BCUT2D eigenvalue weighted by Crippen LogP contribution is 2.42. The van der Waals surface area contributed by atoms with Gasteiger partial charge in [0.1, 0.15) is 24.0 Å². The van der Waals surface area contributed by atoms with Crippen LogP contribution in [0.15, 0.2) is 26.7 Å². The van der Waals surface area contributed by atoms with Crippen LogP contribution in [0.25, 0.3) is 0 Å². The molecule has 1 unspecified atom stereocenters. The monoisotopic (exact) mass is 306 g/mol. The van der Waals surface area contributed by atoms with Crippen LogP contribution in [-0.4, -0.2) is 17.7 Å². The Morgan fingerprint density at radius 3 is 2.82 bits per heavy atom. The molecule has 0 saturated carbocycles. The first-order valence-corrected chi connectivity index (χ1v) is 6.43. The summed E-state index contributed by atoms with van der Waals surface area (Å²) in [5, 5.41) is 18.5. The number of hydrogen-bond donors (Lipinski definition) is 2. The Morgan fingerprint density at radius 2 is 2.27 bits per heavy atom. The fraction of sp³-hybridized carbons (Fsp3) is 0.357. The summed E-state index contributed by atoms with van der Waals surface area (Å²) in [6.07, 6.45) is 0. The molecule has 3 N–H and O–H groups in total. The molecule has 1 aliphatic rings. The fourth-order valence-electron chi connectivity index (χ4n) is 2.19. The lowest BCUT2D eigenvalue weighted by Crippen LogP contribution is -2.42. The van der Waals surface area contributed by atoms with Crippen LogP contribution in [0.5, 0.6) is 5.75 Å². The van der Waals surface area contributed by atoms with Crippen molar-refractivity contribution in [3.8, 4) is 11.8 Å². The summed E-state index contributed by atoms with van der Waals surface area (Å²) in [4.78, 5) is 24.4. The Hall–Kier alpha value is -2.79. The molecule has 0 amide bonds. The zero-order valence-electron chi connectivity index (χ0n) is 12.0. The first kappa shape index (κ1) is 15.6. The van der Waals surface area contributed by atoms with E-state index < -0.39 is 23.4 Å². The van der Waals surface area contributed by atoms with Crippen molar-refractivity contribution < 1.29 is 23.8 Å². The third-order valence-corrected chi connectivity index (χ3v) is 3.32. The van der Waals surface area contributed by atoms with E-state index in [1.165, 1.54) is 6.92 Å². The van der Waals surface area contributed by atoms with Crippen LogP contribution in [0.4, 0.5) is 0 Å². The van der Waals surface area contributed by atoms with Crippen molar-refractivity contribution >= 4 is 5.97 Å². The van der Waals surface area contributed by atoms with E-state index >= 15 is 0 Å². The summed E-state index contributed by atoms with van der Waals surface area (Å²) in [6, 6.07) is 2.81. The van der Waals surface area contributed by atoms with Gasteiger partial charge in [-0.05, 0) is 13.8 Å². The number of fused-ring (bicyclic) bond motifs is 1. The third-order valence-electron chi connectivity index (χ3n) is 3.32. The summed E-state index contributed by atoms with van der Waals surface area (Å²) < 4.78 is 15.5. The molecular formula is C14H14N2O6. The molecule has 8 nitrogen and oxygen atoms in total. The van der Waals surface area contributed by atoms with Gasteiger partial charge < -0.3 is 24.7 Å². The van der Waals surface area contributed by atoms with Crippen LogP contribution in [-0.2, 0) is 21.6 Å². The number of nitriles is 1. The van der Waals surface area contributed by atoms with Gasteiger partial charge in [0.15, 0.2) is 11.2 Å². The molecule has 0 radical (unpaired) electrons. The molecule has 0 bridgehead atoms. The van der Waals surface area contributed by atoms with E-state index in [4.69, 9.17) is 24.7 Å². The smallest absolute Gasteiger partial charge is 0.325 e. The second-order valence-electron chi connectivity index (χ2n) is 4.69. The van der Waals surface area contributed by atoms with Crippen LogP contribution < -0.4 is 15.9 Å². The molecule has 1 aromatic rings. The number of esters is 1. The van der Waals surface area contributed by atoms with Crippen molar-refractivity contribution in [2.75, 3.05) is 6.61 Å². The molecule has 2 heterocycles. The zero-order chi connectivity index (χ0) is 16.5. The summed E-state index contributed by atoms with van der Waals surface area (Å²) in [5.74, 6) is -1.76. The summed E-state index contributed by atoms with van der Waals surface area (Å²) in [5.41, 5.74) is 3.07. The maximum absolute atomic E-state index is 12.4. The zero-order valence-corrected chi connectivity index (χ0v) is 12.0. The van der Waals surface area contributed by atoms with Gasteiger partial charge in [-0.15, -0.1) is 0 Å². The average molecular weight is 306 g/mol. The minimum atomic E-state index is -1.73. The van der Waals surface area contributed by atoms with Gasteiger partial charge in [-0.2, -0.15) is 5.26 Å². The van der Waals surface area contributed by atoms with Crippen molar-refractivity contribution in [3.05, 3.63) is 39.3 Å². The van der Waals surface area contributed by atoms with Gasteiger partial charge in [0.05, 0.1) is 6.61 Å². The first-order chi connectivity index (χ1) is 10.4. The van der Waals surface area contributed by atoms with Crippen LogP contribution in [0, 0.1) is 11.3 Å². The van der Waals surface area contributed by atoms with E-state index in [9.17, 15) is 14.9 Å². The van der Waals surface area contributed by atoms with Gasteiger partial charge in [-0.3, -0.25) is 9.59 Å². The van der Waals surface area contributed by atoms with Crippen molar-refractivity contribution in [3.63, 3.8) is 0 Å². The topological polar surface area (TPSA) is 136 Å². The fourth-order valence-corrected chi connectivity index (χ4v) is 2.19. The van der Waals surface area contributed by atoms with Crippen molar-refractivity contribution in [1.82, 2.24) is 0 Å². The Bertz CT molecular complexity index is 758. The Labute approximate surface area is 125 Å². The Kier molecular flexibility index (Phi) is 3.93. The summed E-state index contributed by atoms with van der Waals surface area (Å²) >= 11 is 0. The van der Waals surface area contributed by atoms with E-state index in [1.807, 2.05) is 0 Å². The van der Waals surface area contributed by atoms with Crippen LogP contribution >= 0.6 is 0 Å². The van der Waals surface area contributed by atoms with Crippen LogP contribution in [0.1, 0.15) is 25.4 Å². The lowest BCUT2D eigenvalue weighted by atomic mass is 9.78. The number of hydrogen-bond acceptors (Lipinski definition) is 8. The van der Waals surface area contributed by atoms with E-state index in [2.05, 4.69) is 0 Å². The number of ether oxygens (including phenoxy) is 2. The largest absolute Gasteiger partial charge is 0.465 e. The lowest BCUT2D eigenvalue weighted by molar-refractivity contribution is -0.148. The van der Waals surface area contributed by atoms with E-state index in [-0.39, 0.29) is 35.3 Å². The molecule has 1 atom stereocenters. The number of rotatable bonds is 3. The van der Waals surface area contributed by atoms with Crippen molar-refractivity contribution in [2.45, 2.75) is 25.9 Å². The van der Waals surface area contributed by atoms with Crippen molar-refractivity contribution in [2.24, 2.45) is 5.73 Å². The lowest BCUT2D eigenvalue weighted by Gasteiger charge is -2.31. The van der Waals surface area contributed by atoms with Crippen LogP contribution in [0.2, 0.25) is 0 Å². The number of carbonyl (C=O) groups excluding carboxylic acids is 1. The highest BCUT2D eigenvalue weighted by atomic mass is 16.5. The average Bonchev–Trinajstić information content (AvgIpc) is 2.48. The molecule has 0 aromatic carbocycles. The number of nitrogens with zero attached hydrogens (tertiary/aromatic N) is 1. The molecule has 0 fully saturated rings. The van der Waals surface area contributed by atoms with Gasteiger partial charge >= 0.3 is 5.97 Å². The maximum atomic E-state index is 12.4. The molecule has 116 valence electrons. The van der Waals surface area contributed by atoms with E-state index in [1.54, 1.807) is 13.0 Å². The number of aliphatic hydroxyl groups excluding tert-OH is 1. The van der Waals surface area contributed by atoms with Gasteiger partial charge in [0.25, 0.3) is 0 Å². The SMILES string of the molecule is CCOC(=O)C1(C)C(C#N)=C(N)Oc2c1oc(CO)cc2=O. The second-order valence-corrected chi connectivity index (χ2v) is 4.69. The Balaban J connectivity index is 2.81. The molecule has 0 spiro atoms. The normalized spacial score (nSPS) is 19.9. The molecule has 0 aliphatic carbocycles. The molecule has 1 aromatic heterocycles. The van der Waals surface area contributed by atoms with Crippen molar-refractivity contribution in [1.29, 1.82) is 5.26 Å². The molecule has 8 heteroatoms. The standard InChI is InChI=1S/C14H14N2O6/c1-3-20-13(19)14(2)8(5-15)12(16)22-10-9(18)4-7(6-17)21-11(10)14/h4,17H,3,6,16H2,1-2H3. The second kappa shape index (κ2) is 5.54. The summed E-state index contributed by atoms with van der Waals surface area (Å²) in [6.45, 7) is 2.46. The quantitative estimate of drug-likeness (QED) is 0.747. The number of nitrogens with two attached hydrogens (primary N) is 1. The van der Waals surface area contributed by atoms with Crippen LogP contribution in [0.3, 0.4) is 0 Å². The van der Waals surface area contributed by atoms with Gasteiger partial charge in [0, 0.05) is 6.07 Å². The van der Waals surface area contributed by atoms with E-state index in [0.29, 0.717) is 0 Å². The third kappa shape index (κ3) is 2.12. The highest BCUT2D eigenvalue weighted by molar-refractivity contribution is 5.89. The molecule has 1 aliphatic heterocycles.